The maximum Gasteiger partial charge on any atom is 0.263 e. The first-order valence-electron chi connectivity index (χ1n) is 12.7. The van der Waals surface area contributed by atoms with E-state index >= 15 is 0 Å². The van der Waals surface area contributed by atoms with Gasteiger partial charge in [-0.15, -0.1) is 0 Å². The maximum atomic E-state index is 13.0. The number of anilines is 2. The van der Waals surface area contributed by atoms with Crippen LogP contribution in [0.3, 0.4) is 0 Å². The van der Waals surface area contributed by atoms with Gasteiger partial charge in [-0.25, -0.2) is 4.98 Å². The largest absolute Gasteiger partial charge is 0.497 e. The summed E-state index contributed by atoms with van der Waals surface area (Å²) in [7, 11) is 1.67. The molecule has 0 bridgehead atoms. The maximum absolute atomic E-state index is 13.0. The Labute approximate surface area is 206 Å². The molecule has 0 radical (unpaired) electrons. The van der Waals surface area contributed by atoms with Crippen molar-refractivity contribution < 1.29 is 14.1 Å². The van der Waals surface area contributed by atoms with E-state index in [2.05, 4.69) is 39.0 Å². The molecular weight excluding hydrogens is 444 g/mol. The quantitative estimate of drug-likeness (QED) is 0.510. The minimum atomic E-state index is 0.148. The molecule has 2 aromatic heterocycles. The summed E-state index contributed by atoms with van der Waals surface area (Å²) >= 11 is 0. The number of piperidine rings is 1. The van der Waals surface area contributed by atoms with Crippen molar-refractivity contribution in [2.24, 2.45) is 0 Å². The van der Waals surface area contributed by atoms with Crippen LogP contribution in [0.2, 0.25) is 0 Å². The Bertz CT molecular complexity index is 1150. The Morgan fingerprint density at radius 3 is 2.40 bits per heavy atom. The van der Waals surface area contributed by atoms with E-state index in [-0.39, 0.29) is 5.91 Å². The van der Waals surface area contributed by atoms with Gasteiger partial charge in [0.25, 0.3) is 5.71 Å². The van der Waals surface area contributed by atoms with Crippen molar-refractivity contribution in [3.63, 3.8) is 0 Å². The van der Waals surface area contributed by atoms with Gasteiger partial charge in [-0.1, -0.05) is 12.1 Å². The van der Waals surface area contributed by atoms with Gasteiger partial charge in [0.15, 0.2) is 0 Å². The number of aromatic nitrogens is 3. The second kappa shape index (κ2) is 10.5. The number of carbonyl (C=O) groups excluding carboxylic acids is 1. The molecule has 0 saturated carbocycles. The summed E-state index contributed by atoms with van der Waals surface area (Å²) in [6, 6.07) is 8.08. The van der Waals surface area contributed by atoms with Crippen molar-refractivity contribution in [3.8, 4) is 5.75 Å². The first kappa shape index (κ1) is 23.4. The van der Waals surface area contributed by atoms with Gasteiger partial charge in [0, 0.05) is 57.8 Å². The minimum Gasteiger partial charge on any atom is -0.497 e. The monoisotopic (exact) mass is 478 g/mol. The summed E-state index contributed by atoms with van der Waals surface area (Å²) < 4.78 is 10.8. The van der Waals surface area contributed by atoms with Gasteiger partial charge in [0.05, 0.1) is 12.8 Å². The number of methoxy groups -OCH3 is 1. The van der Waals surface area contributed by atoms with Crippen LogP contribution in [0.5, 0.6) is 5.75 Å². The molecule has 2 fully saturated rings. The van der Waals surface area contributed by atoms with Crippen LogP contribution in [-0.4, -0.2) is 72.3 Å². The molecule has 4 heterocycles. The molecule has 2 saturated heterocycles. The van der Waals surface area contributed by atoms with Gasteiger partial charge in [-0.2, -0.15) is 4.98 Å². The van der Waals surface area contributed by atoms with Crippen LogP contribution < -0.4 is 14.5 Å². The van der Waals surface area contributed by atoms with Crippen LogP contribution in [0.4, 0.5) is 11.5 Å². The zero-order valence-corrected chi connectivity index (χ0v) is 20.7. The molecule has 0 N–H and O–H groups in total. The molecule has 9 heteroatoms. The van der Waals surface area contributed by atoms with E-state index in [4.69, 9.17) is 14.2 Å². The number of nitrogens with zero attached hydrogens (tertiary/aromatic N) is 6. The molecule has 2 aliphatic heterocycles. The van der Waals surface area contributed by atoms with E-state index in [1.807, 2.05) is 17.0 Å². The van der Waals surface area contributed by atoms with E-state index in [0.717, 1.165) is 73.8 Å². The third kappa shape index (κ3) is 5.04. The average Bonchev–Trinajstić information content (AvgIpc) is 3.35. The van der Waals surface area contributed by atoms with Gasteiger partial charge < -0.3 is 24.0 Å². The number of hydrogen-bond donors (Lipinski definition) is 0. The van der Waals surface area contributed by atoms with Crippen LogP contribution in [0.25, 0.3) is 11.1 Å². The number of rotatable bonds is 7. The molecule has 0 unspecified atom stereocenters. The van der Waals surface area contributed by atoms with E-state index < -0.39 is 0 Å². The lowest BCUT2D eigenvalue weighted by Crippen LogP contribution is -2.48. The minimum absolute atomic E-state index is 0.148. The van der Waals surface area contributed by atoms with Crippen molar-refractivity contribution in [3.05, 3.63) is 35.8 Å². The van der Waals surface area contributed by atoms with Crippen molar-refractivity contribution in [2.45, 2.75) is 45.4 Å². The lowest BCUT2D eigenvalue weighted by Gasteiger charge is -2.36. The highest BCUT2D eigenvalue weighted by Gasteiger charge is 2.24. The average molecular weight is 479 g/mol. The molecule has 5 rings (SSSR count). The molecule has 1 amide bonds. The second-order valence-electron chi connectivity index (χ2n) is 9.24. The zero-order valence-electron chi connectivity index (χ0n) is 20.7. The summed E-state index contributed by atoms with van der Waals surface area (Å²) in [5, 5.41) is 5.16. The third-order valence-corrected chi connectivity index (χ3v) is 7.06. The number of fused-ring (bicyclic) bond motifs is 1. The predicted molar refractivity (Wildman–Crippen MR) is 135 cm³/mol. The lowest BCUT2D eigenvalue weighted by molar-refractivity contribution is -0.131. The van der Waals surface area contributed by atoms with Crippen LogP contribution in [-0.2, 0) is 17.6 Å². The highest BCUT2D eigenvalue weighted by atomic mass is 16.5. The fraction of sp³-hybridized carbons (Fsp3) is 0.538. The number of aryl methyl sites for hydroxylation is 2. The second-order valence-corrected chi connectivity index (χ2v) is 9.24. The number of benzene rings is 1. The molecule has 3 aromatic rings. The van der Waals surface area contributed by atoms with Gasteiger partial charge in [-0.05, 0) is 49.9 Å². The molecule has 0 spiro atoms. The normalized spacial score (nSPS) is 16.7. The number of carbonyl (C=O) groups is 1. The summed E-state index contributed by atoms with van der Waals surface area (Å²) in [5.41, 5.74) is 2.59. The van der Waals surface area contributed by atoms with E-state index in [9.17, 15) is 4.79 Å². The third-order valence-electron chi connectivity index (χ3n) is 7.06. The standard InChI is InChI=1S/C26H34N6O3/c1-3-21-24-25(32-13-5-4-6-14-32)27-22(28-26(24)35-29-21)11-12-23(33)31-17-15-30(16-18-31)19-7-9-20(34-2)10-8-19/h7-10H,3-6,11-18H2,1-2H3. The Kier molecular flexibility index (Phi) is 7.01. The van der Waals surface area contributed by atoms with Gasteiger partial charge in [0.2, 0.25) is 5.91 Å². The highest BCUT2D eigenvalue weighted by molar-refractivity contribution is 5.88. The number of piperazine rings is 1. The molecule has 186 valence electrons. The van der Waals surface area contributed by atoms with E-state index in [1.165, 1.54) is 6.42 Å². The number of amides is 1. The van der Waals surface area contributed by atoms with Crippen LogP contribution in [0, 0.1) is 0 Å². The fourth-order valence-corrected chi connectivity index (χ4v) is 5.01. The van der Waals surface area contributed by atoms with Gasteiger partial charge >= 0.3 is 0 Å². The molecule has 2 aliphatic rings. The Hall–Kier alpha value is -3.36. The van der Waals surface area contributed by atoms with Crippen LogP contribution >= 0.6 is 0 Å². The summed E-state index contributed by atoms with van der Waals surface area (Å²) in [4.78, 5) is 29.1. The SMILES string of the molecule is CCc1noc2nc(CCC(=O)N3CCN(c4ccc(OC)cc4)CC3)nc(N3CCCCC3)c12. The number of ether oxygens (including phenoxy) is 1. The van der Waals surface area contributed by atoms with Crippen molar-refractivity contribution in [2.75, 3.05) is 56.2 Å². The Morgan fingerprint density at radius 1 is 0.971 bits per heavy atom. The smallest absolute Gasteiger partial charge is 0.263 e. The summed E-state index contributed by atoms with van der Waals surface area (Å²) in [6.45, 7) is 7.10. The molecule has 0 atom stereocenters. The number of hydrogen-bond acceptors (Lipinski definition) is 8. The van der Waals surface area contributed by atoms with E-state index in [1.54, 1.807) is 7.11 Å². The molecule has 1 aromatic carbocycles. The first-order valence-corrected chi connectivity index (χ1v) is 12.7. The molecule has 0 aliphatic carbocycles. The van der Waals surface area contributed by atoms with Gasteiger partial charge in [0.1, 0.15) is 22.8 Å². The van der Waals surface area contributed by atoms with Crippen molar-refractivity contribution in [1.82, 2.24) is 20.0 Å². The van der Waals surface area contributed by atoms with E-state index in [0.29, 0.717) is 37.5 Å². The Balaban J connectivity index is 1.22. The zero-order chi connectivity index (χ0) is 24.2. The first-order chi connectivity index (χ1) is 17.2. The predicted octanol–water partition coefficient (Wildman–Crippen LogP) is 3.46. The Morgan fingerprint density at radius 2 is 1.71 bits per heavy atom. The molecule has 35 heavy (non-hydrogen) atoms. The fourth-order valence-electron chi connectivity index (χ4n) is 5.01. The summed E-state index contributed by atoms with van der Waals surface area (Å²) in [6.07, 6.45) is 5.24. The molecular formula is C26H34N6O3. The van der Waals surface area contributed by atoms with Crippen molar-refractivity contribution in [1.29, 1.82) is 0 Å². The van der Waals surface area contributed by atoms with Crippen molar-refractivity contribution >= 4 is 28.5 Å². The molecule has 9 nitrogen and oxygen atoms in total. The summed E-state index contributed by atoms with van der Waals surface area (Å²) in [5.74, 6) is 2.57. The topological polar surface area (TPSA) is 87.8 Å². The van der Waals surface area contributed by atoms with Crippen LogP contribution in [0.15, 0.2) is 28.8 Å². The van der Waals surface area contributed by atoms with Gasteiger partial charge in [-0.3, -0.25) is 4.79 Å². The highest BCUT2D eigenvalue weighted by Crippen LogP contribution is 2.30. The van der Waals surface area contributed by atoms with Crippen LogP contribution in [0.1, 0.15) is 44.1 Å². The lowest BCUT2D eigenvalue weighted by atomic mass is 10.1.